The number of amides is 1. The van der Waals surface area contributed by atoms with Gasteiger partial charge in [0.1, 0.15) is 5.82 Å². The smallest absolute Gasteiger partial charge is 0.228 e. The third-order valence-electron chi connectivity index (χ3n) is 5.74. The number of nitrogens with zero attached hydrogens (tertiary/aromatic N) is 1. The lowest BCUT2D eigenvalue weighted by Gasteiger charge is -2.15. The molecule has 0 aliphatic heterocycles. The first kappa shape index (κ1) is 21.4. The topological polar surface area (TPSA) is 69.8 Å². The summed E-state index contributed by atoms with van der Waals surface area (Å²) < 4.78 is 13.9. The molecule has 5 nitrogen and oxygen atoms in total. The molecule has 1 amide bonds. The van der Waals surface area contributed by atoms with Crippen LogP contribution in [0.2, 0.25) is 0 Å². The highest BCUT2D eigenvalue weighted by Crippen LogP contribution is 2.34. The molecule has 0 saturated heterocycles. The summed E-state index contributed by atoms with van der Waals surface area (Å²) in [5, 5.41) is 7.41. The highest BCUT2D eigenvalue weighted by atomic mass is 19.1. The fraction of sp³-hybridized carbons (Fsp3) is 0.0714. The molecule has 5 aromatic rings. The molecule has 2 heterocycles. The molecule has 5 rings (SSSR count). The van der Waals surface area contributed by atoms with Gasteiger partial charge < -0.3 is 15.6 Å². The summed E-state index contributed by atoms with van der Waals surface area (Å²) in [7, 11) is 0. The van der Waals surface area contributed by atoms with Gasteiger partial charge in [0.05, 0.1) is 18.3 Å². The Kier molecular flexibility index (Phi) is 5.79. The van der Waals surface area contributed by atoms with Crippen LogP contribution < -0.4 is 10.6 Å². The van der Waals surface area contributed by atoms with Crippen LogP contribution in [0.25, 0.3) is 22.0 Å². The molecule has 0 saturated carbocycles. The molecule has 6 heteroatoms. The number of pyridine rings is 1. The van der Waals surface area contributed by atoms with E-state index in [9.17, 15) is 9.18 Å². The average Bonchev–Trinajstić information content (AvgIpc) is 3.25. The second kappa shape index (κ2) is 9.19. The number of H-pyrrole nitrogens is 1. The fourth-order valence-corrected chi connectivity index (χ4v) is 4.03. The number of fused-ring (bicyclic) bond motifs is 1. The first-order valence-corrected chi connectivity index (χ1v) is 11.0. The summed E-state index contributed by atoms with van der Waals surface area (Å²) in [6.45, 7) is 1.74. The Morgan fingerprint density at radius 1 is 1.00 bits per heavy atom. The predicted molar refractivity (Wildman–Crippen MR) is 135 cm³/mol. The van der Waals surface area contributed by atoms with Crippen LogP contribution in [0, 0.1) is 12.7 Å². The van der Waals surface area contributed by atoms with Crippen molar-refractivity contribution in [3.8, 4) is 11.1 Å². The van der Waals surface area contributed by atoms with E-state index >= 15 is 0 Å². The van der Waals surface area contributed by atoms with Crippen LogP contribution in [0.5, 0.6) is 0 Å². The largest absolute Gasteiger partial charge is 0.361 e. The minimum atomic E-state index is -0.256. The van der Waals surface area contributed by atoms with Crippen LogP contribution in [-0.4, -0.2) is 15.9 Å². The molecular formula is C28H23FN4O. The number of halogens is 1. The predicted octanol–water partition coefficient (Wildman–Crippen LogP) is 6.60. The molecule has 0 aliphatic rings. The van der Waals surface area contributed by atoms with Crippen LogP contribution in [-0.2, 0) is 11.2 Å². The van der Waals surface area contributed by atoms with E-state index in [0.29, 0.717) is 11.3 Å². The number of aromatic amines is 1. The Labute approximate surface area is 196 Å². The van der Waals surface area contributed by atoms with Crippen molar-refractivity contribution < 1.29 is 9.18 Å². The number of hydrogen-bond donors (Lipinski definition) is 3. The van der Waals surface area contributed by atoms with Gasteiger partial charge in [0, 0.05) is 40.2 Å². The van der Waals surface area contributed by atoms with Crippen molar-refractivity contribution in [3.05, 3.63) is 108 Å². The quantitative estimate of drug-likeness (QED) is 0.273. The first-order chi connectivity index (χ1) is 16.6. The zero-order valence-corrected chi connectivity index (χ0v) is 18.6. The van der Waals surface area contributed by atoms with Crippen molar-refractivity contribution in [2.45, 2.75) is 13.3 Å². The standard InChI is InChI=1S/C28H23FN4O/c1-18-13-19(8-10-25(18)29)24-15-21(9-11-27(24)32-22-5-4-12-30-17-22)33-28(34)14-20-16-31-26-7-3-2-6-23(20)26/h2-13,15-17,31-32H,14H2,1H3,(H,33,34). The number of para-hydroxylation sites is 1. The van der Waals surface area contributed by atoms with Gasteiger partial charge in [0.25, 0.3) is 0 Å². The number of carbonyl (C=O) groups excluding carboxylic acids is 1. The molecule has 0 fully saturated rings. The average molecular weight is 451 g/mol. The molecular weight excluding hydrogens is 427 g/mol. The van der Waals surface area contributed by atoms with Gasteiger partial charge in [-0.3, -0.25) is 9.78 Å². The third kappa shape index (κ3) is 4.52. The van der Waals surface area contributed by atoms with Crippen molar-refractivity contribution in [1.82, 2.24) is 9.97 Å². The van der Waals surface area contributed by atoms with Gasteiger partial charge in [-0.25, -0.2) is 4.39 Å². The maximum Gasteiger partial charge on any atom is 0.228 e. The number of aryl methyl sites for hydroxylation is 1. The van der Waals surface area contributed by atoms with Gasteiger partial charge in [-0.2, -0.15) is 0 Å². The highest BCUT2D eigenvalue weighted by molar-refractivity contribution is 5.97. The number of hydrogen-bond acceptors (Lipinski definition) is 3. The van der Waals surface area contributed by atoms with E-state index in [1.807, 2.05) is 60.8 Å². The molecule has 0 spiro atoms. The zero-order chi connectivity index (χ0) is 23.5. The van der Waals surface area contributed by atoms with Crippen LogP contribution >= 0.6 is 0 Å². The first-order valence-electron chi connectivity index (χ1n) is 11.0. The third-order valence-corrected chi connectivity index (χ3v) is 5.74. The molecule has 0 atom stereocenters. The molecule has 168 valence electrons. The molecule has 0 radical (unpaired) electrons. The van der Waals surface area contributed by atoms with Crippen LogP contribution in [0.4, 0.5) is 21.5 Å². The maximum atomic E-state index is 13.9. The summed E-state index contributed by atoms with van der Waals surface area (Å²) in [5.41, 5.74) is 6.52. The van der Waals surface area contributed by atoms with Crippen molar-refractivity contribution in [2.75, 3.05) is 10.6 Å². The van der Waals surface area contributed by atoms with E-state index in [4.69, 9.17) is 0 Å². The summed E-state index contributed by atoms with van der Waals surface area (Å²) in [5.74, 6) is -0.368. The Hall–Kier alpha value is -4.45. The molecule has 0 bridgehead atoms. The van der Waals surface area contributed by atoms with Crippen molar-refractivity contribution in [2.24, 2.45) is 0 Å². The van der Waals surface area contributed by atoms with Crippen LogP contribution in [0.15, 0.2) is 91.4 Å². The van der Waals surface area contributed by atoms with Gasteiger partial charge in [-0.15, -0.1) is 0 Å². The number of carbonyl (C=O) groups is 1. The summed E-state index contributed by atoms with van der Waals surface area (Å²) in [6.07, 6.45) is 5.57. The number of anilines is 3. The summed E-state index contributed by atoms with van der Waals surface area (Å²) in [4.78, 5) is 20.2. The second-order valence-electron chi connectivity index (χ2n) is 8.18. The highest BCUT2D eigenvalue weighted by Gasteiger charge is 2.13. The minimum Gasteiger partial charge on any atom is -0.361 e. The van der Waals surface area contributed by atoms with Crippen LogP contribution in [0.3, 0.4) is 0 Å². The van der Waals surface area contributed by atoms with E-state index in [1.54, 1.807) is 31.5 Å². The van der Waals surface area contributed by atoms with E-state index < -0.39 is 0 Å². The summed E-state index contributed by atoms with van der Waals surface area (Å²) >= 11 is 0. The lowest BCUT2D eigenvalue weighted by atomic mass is 10.00. The van der Waals surface area contributed by atoms with E-state index in [1.165, 1.54) is 6.07 Å². The lowest BCUT2D eigenvalue weighted by Crippen LogP contribution is -2.14. The normalized spacial score (nSPS) is 10.9. The Balaban J connectivity index is 1.44. The van der Waals surface area contributed by atoms with Crippen molar-refractivity contribution in [3.63, 3.8) is 0 Å². The molecule has 0 unspecified atom stereocenters. The molecule has 3 N–H and O–H groups in total. The lowest BCUT2D eigenvalue weighted by molar-refractivity contribution is -0.115. The van der Waals surface area contributed by atoms with Crippen molar-refractivity contribution >= 4 is 33.9 Å². The van der Waals surface area contributed by atoms with Crippen LogP contribution in [0.1, 0.15) is 11.1 Å². The van der Waals surface area contributed by atoms with Gasteiger partial charge >= 0.3 is 0 Å². The SMILES string of the molecule is Cc1cc(-c2cc(NC(=O)Cc3c[nH]c4ccccc34)ccc2Nc2cccnc2)ccc1F. The monoisotopic (exact) mass is 450 g/mol. The fourth-order valence-electron chi connectivity index (χ4n) is 4.03. The second-order valence-corrected chi connectivity index (χ2v) is 8.18. The maximum absolute atomic E-state index is 13.9. The van der Waals surface area contributed by atoms with E-state index in [0.717, 1.165) is 39.0 Å². The van der Waals surface area contributed by atoms with Gasteiger partial charge in [-0.1, -0.05) is 24.3 Å². The molecule has 0 aliphatic carbocycles. The Morgan fingerprint density at radius 3 is 2.71 bits per heavy atom. The molecule has 3 aromatic carbocycles. The van der Waals surface area contributed by atoms with Crippen molar-refractivity contribution in [1.29, 1.82) is 0 Å². The van der Waals surface area contributed by atoms with Gasteiger partial charge in [0.15, 0.2) is 0 Å². The summed E-state index contributed by atoms with van der Waals surface area (Å²) in [6, 6.07) is 22.3. The van der Waals surface area contributed by atoms with Gasteiger partial charge in [-0.05, 0) is 72.1 Å². The van der Waals surface area contributed by atoms with E-state index in [2.05, 4.69) is 20.6 Å². The minimum absolute atomic E-state index is 0.112. The Morgan fingerprint density at radius 2 is 1.88 bits per heavy atom. The van der Waals surface area contributed by atoms with E-state index in [-0.39, 0.29) is 18.1 Å². The molecule has 34 heavy (non-hydrogen) atoms. The Bertz CT molecular complexity index is 1480. The zero-order valence-electron chi connectivity index (χ0n) is 18.6. The molecule has 2 aromatic heterocycles. The van der Waals surface area contributed by atoms with Gasteiger partial charge in [0.2, 0.25) is 5.91 Å². The number of nitrogens with one attached hydrogen (secondary N) is 3. The number of rotatable bonds is 6. The number of aromatic nitrogens is 2. The number of benzene rings is 3.